The van der Waals surface area contributed by atoms with Gasteiger partial charge in [-0.25, -0.2) is 0 Å². The highest BCUT2D eigenvalue weighted by Gasteiger charge is 2.38. The molecule has 0 saturated carbocycles. The van der Waals surface area contributed by atoms with Crippen LogP contribution in [0.25, 0.3) is 0 Å². The SMILES string of the molecule is CC[C@H](C)[C@@H]([C@@H](C)OC)N(C)C(=O)[C@@H](CC(=O)C(C)(C)NC(=O)CCOCCOCCOCCOCCOCCOCCN)C(C)C. The van der Waals surface area contributed by atoms with E-state index in [0.29, 0.717) is 79.2 Å². The fraction of sp³-hybridized carbons (Fsp3) is 0.912. The van der Waals surface area contributed by atoms with Crippen LogP contribution in [0.15, 0.2) is 0 Å². The molecule has 0 aromatic heterocycles. The lowest BCUT2D eigenvalue weighted by molar-refractivity contribution is -0.145. The molecule has 4 atom stereocenters. The lowest BCUT2D eigenvalue weighted by atomic mass is 9.83. The molecule has 0 aliphatic rings. The van der Waals surface area contributed by atoms with Gasteiger partial charge in [0.1, 0.15) is 0 Å². The zero-order valence-electron chi connectivity index (χ0n) is 30.8. The second-order valence-corrected chi connectivity index (χ2v) is 12.6. The van der Waals surface area contributed by atoms with Crippen LogP contribution in [-0.4, -0.2) is 140 Å². The summed E-state index contributed by atoms with van der Waals surface area (Å²) >= 11 is 0. The van der Waals surface area contributed by atoms with Gasteiger partial charge in [0, 0.05) is 39.5 Å². The van der Waals surface area contributed by atoms with E-state index < -0.39 is 11.5 Å². The Morgan fingerprint density at radius 1 is 0.745 bits per heavy atom. The van der Waals surface area contributed by atoms with Crippen molar-refractivity contribution in [3.63, 3.8) is 0 Å². The molecular weight excluding hydrogens is 610 g/mol. The van der Waals surface area contributed by atoms with E-state index in [9.17, 15) is 14.4 Å². The maximum Gasteiger partial charge on any atom is 0.226 e. The molecule has 0 aromatic carbocycles. The van der Waals surface area contributed by atoms with Crippen molar-refractivity contribution in [2.45, 2.75) is 85.4 Å². The molecule has 0 radical (unpaired) electrons. The zero-order valence-corrected chi connectivity index (χ0v) is 30.8. The van der Waals surface area contributed by atoms with Gasteiger partial charge < -0.3 is 49.1 Å². The molecule has 0 bridgehead atoms. The standard InChI is InChI=1S/C34H67N3O10/c1-10-27(4)32(28(5)41-9)37(8)33(40)29(26(2)3)25-30(38)34(6,7)36-31(39)11-13-42-15-17-44-19-21-46-23-24-47-22-20-45-18-16-43-14-12-35/h26-29,32H,10-25,35H2,1-9H3,(H,36,39)/t27-,28+,29-,32-/m0/s1. The van der Waals surface area contributed by atoms with Crippen LogP contribution in [0.4, 0.5) is 0 Å². The highest BCUT2D eigenvalue weighted by Crippen LogP contribution is 2.26. The number of nitrogens with zero attached hydrogens (tertiary/aromatic N) is 1. The Hall–Kier alpha value is -1.71. The summed E-state index contributed by atoms with van der Waals surface area (Å²) in [7, 11) is 3.44. The third kappa shape index (κ3) is 20.4. The molecule has 13 nitrogen and oxygen atoms in total. The largest absolute Gasteiger partial charge is 0.380 e. The van der Waals surface area contributed by atoms with Crippen molar-refractivity contribution in [3.8, 4) is 0 Å². The minimum Gasteiger partial charge on any atom is -0.380 e. The zero-order chi connectivity index (χ0) is 35.7. The number of Topliss-reactive ketones (excluding diaryl/α,β-unsaturated/α-hetero) is 1. The van der Waals surface area contributed by atoms with Gasteiger partial charge in [-0.2, -0.15) is 0 Å². The van der Waals surface area contributed by atoms with Crippen molar-refractivity contribution in [1.29, 1.82) is 0 Å². The summed E-state index contributed by atoms with van der Waals surface area (Å²) in [5.74, 6) is -0.904. The first kappa shape index (κ1) is 45.3. The van der Waals surface area contributed by atoms with E-state index in [1.165, 1.54) is 0 Å². The lowest BCUT2D eigenvalue weighted by Gasteiger charge is -2.39. The van der Waals surface area contributed by atoms with Crippen LogP contribution in [0.5, 0.6) is 0 Å². The van der Waals surface area contributed by atoms with Crippen LogP contribution < -0.4 is 11.1 Å². The van der Waals surface area contributed by atoms with E-state index in [0.717, 1.165) is 6.42 Å². The summed E-state index contributed by atoms with van der Waals surface area (Å²) in [6.45, 7) is 19.2. The number of nitrogens with two attached hydrogens (primary N) is 1. The maximum absolute atomic E-state index is 13.6. The number of nitrogens with one attached hydrogen (secondary N) is 1. The fourth-order valence-corrected chi connectivity index (χ4v) is 4.94. The number of methoxy groups -OCH3 is 1. The molecule has 0 rings (SSSR count). The average molecular weight is 678 g/mol. The molecule has 0 unspecified atom stereocenters. The molecular formula is C34H67N3O10. The van der Waals surface area contributed by atoms with Crippen molar-refractivity contribution in [1.82, 2.24) is 10.2 Å². The highest BCUT2D eigenvalue weighted by atomic mass is 16.6. The van der Waals surface area contributed by atoms with Crippen LogP contribution in [0.1, 0.15) is 67.7 Å². The fourth-order valence-electron chi connectivity index (χ4n) is 4.94. The summed E-state index contributed by atoms with van der Waals surface area (Å²) in [5, 5.41) is 2.82. The summed E-state index contributed by atoms with van der Waals surface area (Å²) in [6.07, 6.45) is 0.892. The van der Waals surface area contributed by atoms with Crippen LogP contribution in [-0.2, 0) is 47.5 Å². The minimum absolute atomic E-state index is 0.0364. The number of likely N-dealkylation sites (N-methyl/N-ethyl adjacent to an activating group) is 1. The van der Waals surface area contributed by atoms with Crippen molar-refractivity contribution in [3.05, 3.63) is 0 Å². The molecule has 0 aliphatic heterocycles. The van der Waals surface area contributed by atoms with E-state index in [1.54, 1.807) is 32.9 Å². The first-order chi connectivity index (χ1) is 22.3. The van der Waals surface area contributed by atoms with E-state index in [2.05, 4.69) is 19.2 Å². The monoisotopic (exact) mass is 677 g/mol. The van der Waals surface area contributed by atoms with E-state index in [1.807, 2.05) is 20.8 Å². The molecule has 2 amide bonds. The Morgan fingerprint density at radius 2 is 1.17 bits per heavy atom. The van der Waals surface area contributed by atoms with Gasteiger partial charge in [-0.1, -0.05) is 34.1 Å². The smallest absolute Gasteiger partial charge is 0.226 e. The number of carbonyl (C=O) groups is 3. The molecule has 47 heavy (non-hydrogen) atoms. The molecule has 278 valence electrons. The van der Waals surface area contributed by atoms with Gasteiger partial charge >= 0.3 is 0 Å². The molecule has 0 spiro atoms. The molecule has 0 fully saturated rings. The second-order valence-electron chi connectivity index (χ2n) is 12.6. The summed E-state index contributed by atoms with van der Waals surface area (Å²) < 4.78 is 38.0. The number of ketones is 1. The van der Waals surface area contributed by atoms with Gasteiger partial charge in [0.05, 0.1) is 97.0 Å². The van der Waals surface area contributed by atoms with Crippen LogP contribution in [0.3, 0.4) is 0 Å². The van der Waals surface area contributed by atoms with E-state index in [4.69, 9.17) is 38.9 Å². The average Bonchev–Trinajstić information content (AvgIpc) is 3.03. The van der Waals surface area contributed by atoms with Crippen LogP contribution in [0, 0.1) is 17.8 Å². The number of amides is 2. The van der Waals surface area contributed by atoms with E-state index in [-0.39, 0.29) is 61.0 Å². The Kier molecular flexibility index (Phi) is 26.2. The van der Waals surface area contributed by atoms with Gasteiger partial charge in [0.2, 0.25) is 11.8 Å². The molecule has 0 aliphatic carbocycles. The molecule has 0 saturated heterocycles. The normalized spacial score (nSPS) is 14.5. The second kappa shape index (κ2) is 27.2. The molecule has 0 heterocycles. The van der Waals surface area contributed by atoms with Gasteiger partial charge in [-0.15, -0.1) is 0 Å². The number of hydrogen-bond acceptors (Lipinski definition) is 11. The Bertz CT molecular complexity index is 820. The quantitative estimate of drug-likeness (QED) is 0.104. The molecule has 0 aromatic rings. The summed E-state index contributed by atoms with van der Waals surface area (Å²) in [4.78, 5) is 41.3. The first-order valence-corrected chi connectivity index (χ1v) is 17.1. The van der Waals surface area contributed by atoms with Gasteiger partial charge in [-0.3, -0.25) is 14.4 Å². The van der Waals surface area contributed by atoms with Crippen LogP contribution >= 0.6 is 0 Å². The predicted octanol–water partition coefficient (Wildman–Crippen LogP) is 2.47. The Morgan fingerprint density at radius 3 is 1.55 bits per heavy atom. The molecule has 3 N–H and O–H groups in total. The maximum atomic E-state index is 13.6. The van der Waals surface area contributed by atoms with Crippen molar-refractivity contribution in [2.24, 2.45) is 23.5 Å². The van der Waals surface area contributed by atoms with Gasteiger partial charge in [0.25, 0.3) is 0 Å². The summed E-state index contributed by atoms with van der Waals surface area (Å²) in [6, 6.07) is -0.111. The Labute approximate surface area is 284 Å². The summed E-state index contributed by atoms with van der Waals surface area (Å²) in [5.41, 5.74) is 4.21. The van der Waals surface area contributed by atoms with Crippen molar-refractivity contribution in [2.75, 3.05) is 100.0 Å². The molecule has 13 heteroatoms. The van der Waals surface area contributed by atoms with Crippen molar-refractivity contribution < 1.29 is 47.5 Å². The third-order valence-corrected chi connectivity index (χ3v) is 8.15. The topological polar surface area (TPSA) is 157 Å². The Balaban J connectivity index is 4.26. The lowest BCUT2D eigenvalue weighted by Crippen LogP contribution is -2.53. The number of carbonyl (C=O) groups excluding carboxylic acids is 3. The van der Waals surface area contributed by atoms with Gasteiger partial charge in [-0.05, 0) is 32.6 Å². The number of rotatable bonds is 31. The predicted molar refractivity (Wildman–Crippen MR) is 181 cm³/mol. The highest BCUT2D eigenvalue weighted by molar-refractivity contribution is 5.95. The first-order valence-electron chi connectivity index (χ1n) is 17.1. The number of hydrogen-bond donors (Lipinski definition) is 2. The van der Waals surface area contributed by atoms with Crippen molar-refractivity contribution >= 4 is 17.6 Å². The van der Waals surface area contributed by atoms with Crippen LogP contribution in [0.2, 0.25) is 0 Å². The van der Waals surface area contributed by atoms with E-state index >= 15 is 0 Å². The minimum atomic E-state index is -1.12. The number of ether oxygens (including phenoxy) is 7. The van der Waals surface area contributed by atoms with Gasteiger partial charge in [0.15, 0.2) is 5.78 Å². The third-order valence-electron chi connectivity index (χ3n) is 8.15.